The van der Waals surface area contributed by atoms with Crippen LogP contribution in [0.25, 0.3) is 11.3 Å². The second kappa shape index (κ2) is 6.33. The number of H-pyrrole nitrogens is 1. The normalized spacial score (nSPS) is 12.2. The first kappa shape index (κ1) is 13.5. The van der Waals surface area contributed by atoms with Crippen molar-refractivity contribution in [3.63, 3.8) is 0 Å². The van der Waals surface area contributed by atoms with E-state index in [2.05, 4.69) is 39.6 Å². The molecule has 1 atom stereocenters. The van der Waals surface area contributed by atoms with Crippen LogP contribution in [-0.4, -0.2) is 15.2 Å². The van der Waals surface area contributed by atoms with Crippen LogP contribution in [-0.2, 0) is 6.54 Å². The lowest BCUT2D eigenvalue weighted by Gasteiger charge is -2.14. The summed E-state index contributed by atoms with van der Waals surface area (Å²) < 4.78 is 0. The van der Waals surface area contributed by atoms with E-state index in [1.54, 1.807) is 0 Å². The number of hydrogen-bond acceptors (Lipinski definition) is 3. The Morgan fingerprint density at radius 1 is 1.10 bits per heavy atom. The van der Waals surface area contributed by atoms with E-state index in [1.165, 1.54) is 11.1 Å². The first-order valence-corrected chi connectivity index (χ1v) is 7.05. The van der Waals surface area contributed by atoms with Crippen LogP contribution in [0.3, 0.4) is 0 Å². The van der Waals surface area contributed by atoms with Crippen LogP contribution >= 0.6 is 0 Å². The lowest BCUT2D eigenvalue weighted by atomic mass is 10.1. The molecule has 4 nitrogen and oxygen atoms in total. The first-order chi connectivity index (χ1) is 10.3. The second-order valence-corrected chi connectivity index (χ2v) is 5.02. The Morgan fingerprint density at radius 3 is 2.62 bits per heavy atom. The minimum Gasteiger partial charge on any atom is -0.306 e. The Hall–Kier alpha value is -2.46. The largest absolute Gasteiger partial charge is 0.306 e. The fraction of sp³-hybridized carbons (Fsp3) is 0.176. The first-order valence-electron chi connectivity index (χ1n) is 7.05. The highest BCUT2D eigenvalue weighted by molar-refractivity contribution is 5.62. The molecule has 106 valence electrons. The fourth-order valence-electron chi connectivity index (χ4n) is 2.33. The third-order valence-corrected chi connectivity index (χ3v) is 3.59. The predicted octanol–water partition coefficient (Wildman–Crippen LogP) is 3.32. The smallest absolute Gasteiger partial charge is 0.0695 e. The van der Waals surface area contributed by atoms with Crippen LogP contribution in [0, 0.1) is 0 Å². The van der Waals surface area contributed by atoms with E-state index >= 15 is 0 Å². The van der Waals surface area contributed by atoms with Gasteiger partial charge in [-0.1, -0.05) is 30.3 Å². The minimum absolute atomic E-state index is 0.270. The summed E-state index contributed by atoms with van der Waals surface area (Å²) in [6.07, 6.45) is 5.52. The van der Waals surface area contributed by atoms with Gasteiger partial charge in [-0.2, -0.15) is 5.10 Å². The molecular weight excluding hydrogens is 260 g/mol. The SMILES string of the molecule is C[C@H](NCc1cn[nH]c1-c1ccccc1)c1ccncc1. The number of hydrogen-bond donors (Lipinski definition) is 2. The number of pyridine rings is 1. The molecule has 0 aliphatic carbocycles. The zero-order valence-corrected chi connectivity index (χ0v) is 12.0. The quantitative estimate of drug-likeness (QED) is 0.752. The molecule has 2 heterocycles. The highest BCUT2D eigenvalue weighted by Gasteiger charge is 2.09. The van der Waals surface area contributed by atoms with Gasteiger partial charge >= 0.3 is 0 Å². The maximum atomic E-state index is 4.17. The highest BCUT2D eigenvalue weighted by atomic mass is 15.1. The zero-order chi connectivity index (χ0) is 14.5. The summed E-state index contributed by atoms with van der Waals surface area (Å²) in [6, 6.07) is 14.6. The molecule has 2 N–H and O–H groups in total. The third kappa shape index (κ3) is 3.17. The Balaban J connectivity index is 1.71. The van der Waals surface area contributed by atoms with Crippen LogP contribution in [0.1, 0.15) is 24.1 Å². The Bertz CT molecular complexity index is 676. The summed E-state index contributed by atoms with van der Waals surface area (Å²) >= 11 is 0. The van der Waals surface area contributed by atoms with E-state index in [1.807, 2.05) is 48.9 Å². The van der Waals surface area contributed by atoms with Crippen LogP contribution in [0.2, 0.25) is 0 Å². The summed E-state index contributed by atoms with van der Waals surface area (Å²) in [5.41, 5.74) is 4.63. The van der Waals surface area contributed by atoms with E-state index in [4.69, 9.17) is 0 Å². The van der Waals surface area contributed by atoms with Crippen molar-refractivity contribution in [2.75, 3.05) is 0 Å². The van der Waals surface area contributed by atoms with Gasteiger partial charge in [0.15, 0.2) is 0 Å². The van der Waals surface area contributed by atoms with Crippen LogP contribution in [0.4, 0.5) is 0 Å². The molecule has 4 heteroatoms. The zero-order valence-electron chi connectivity index (χ0n) is 12.0. The lowest BCUT2D eigenvalue weighted by Crippen LogP contribution is -2.18. The molecule has 3 rings (SSSR count). The van der Waals surface area contributed by atoms with Crippen molar-refractivity contribution in [2.24, 2.45) is 0 Å². The van der Waals surface area contributed by atoms with E-state index in [0.29, 0.717) is 0 Å². The van der Waals surface area contributed by atoms with Crippen LogP contribution < -0.4 is 5.32 Å². The van der Waals surface area contributed by atoms with Gasteiger partial charge in [-0.25, -0.2) is 0 Å². The Labute approximate surface area is 124 Å². The molecule has 0 saturated carbocycles. The molecular formula is C17H18N4. The standard InChI is InChI=1S/C17H18N4/c1-13(14-7-9-18-10-8-14)19-11-16-12-20-21-17(16)15-5-3-2-4-6-15/h2-10,12-13,19H,11H2,1H3,(H,20,21)/t13-/m0/s1. The highest BCUT2D eigenvalue weighted by Crippen LogP contribution is 2.21. The molecule has 0 bridgehead atoms. The molecule has 2 aromatic heterocycles. The van der Waals surface area contributed by atoms with Crippen molar-refractivity contribution in [1.29, 1.82) is 0 Å². The van der Waals surface area contributed by atoms with Crippen LogP contribution in [0.15, 0.2) is 61.1 Å². The molecule has 1 aromatic carbocycles. The van der Waals surface area contributed by atoms with Gasteiger partial charge in [-0.15, -0.1) is 0 Å². The van der Waals surface area contributed by atoms with E-state index in [9.17, 15) is 0 Å². The van der Waals surface area contributed by atoms with Crippen molar-refractivity contribution >= 4 is 0 Å². The monoisotopic (exact) mass is 278 g/mol. The van der Waals surface area contributed by atoms with E-state index in [-0.39, 0.29) is 6.04 Å². The van der Waals surface area contributed by atoms with E-state index in [0.717, 1.165) is 17.8 Å². The van der Waals surface area contributed by atoms with Crippen molar-refractivity contribution in [3.8, 4) is 11.3 Å². The van der Waals surface area contributed by atoms with Gasteiger partial charge in [0.2, 0.25) is 0 Å². The second-order valence-electron chi connectivity index (χ2n) is 5.02. The number of nitrogens with one attached hydrogen (secondary N) is 2. The summed E-state index contributed by atoms with van der Waals surface area (Å²) in [5.74, 6) is 0. The summed E-state index contributed by atoms with van der Waals surface area (Å²) in [7, 11) is 0. The van der Waals surface area contributed by atoms with Crippen molar-refractivity contribution in [2.45, 2.75) is 19.5 Å². The molecule has 0 amide bonds. The molecule has 0 radical (unpaired) electrons. The van der Waals surface area contributed by atoms with Gasteiger partial charge in [0.05, 0.1) is 11.9 Å². The molecule has 21 heavy (non-hydrogen) atoms. The Morgan fingerprint density at radius 2 is 1.86 bits per heavy atom. The van der Waals surface area contributed by atoms with Crippen LogP contribution in [0.5, 0.6) is 0 Å². The topological polar surface area (TPSA) is 53.6 Å². The van der Waals surface area contributed by atoms with Crippen molar-refractivity contribution in [1.82, 2.24) is 20.5 Å². The Kier molecular flexibility index (Phi) is 4.07. The lowest BCUT2D eigenvalue weighted by molar-refractivity contribution is 0.575. The molecule has 0 unspecified atom stereocenters. The van der Waals surface area contributed by atoms with Gasteiger partial charge in [0.1, 0.15) is 0 Å². The van der Waals surface area contributed by atoms with Gasteiger partial charge in [0.25, 0.3) is 0 Å². The van der Waals surface area contributed by atoms with Gasteiger partial charge in [-0.05, 0) is 30.2 Å². The summed E-state index contributed by atoms with van der Waals surface area (Å²) in [4.78, 5) is 4.05. The average Bonchev–Trinajstić information content (AvgIpc) is 3.03. The average molecular weight is 278 g/mol. The summed E-state index contributed by atoms with van der Waals surface area (Å²) in [5, 5.41) is 10.8. The maximum absolute atomic E-state index is 4.17. The molecule has 0 fully saturated rings. The number of aromatic amines is 1. The number of rotatable bonds is 5. The van der Waals surface area contributed by atoms with Crippen molar-refractivity contribution < 1.29 is 0 Å². The molecule has 0 aliphatic rings. The number of benzene rings is 1. The molecule has 0 spiro atoms. The maximum Gasteiger partial charge on any atom is 0.0695 e. The third-order valence-electron chi connectivity index (χ3n) is 3.59. The fourth-order valence-corrected chi connectivity index (χ4v) is 2.33. The van der Waals surface area contributed by atoms with E-state index < -0.39 is 0 Å². The molecule has 0 aliphatic heterocycles. The summed E-state index contributed by atoms with van der Waals surface area (Å²) in [6.45, 7) is 2.92. The molecule has 3 aromatic rings. The number of nitrogens with zero attached hydrogens (tertiary/aromatic N) is 2. The predicted molar refractivity (Wildman–Crippen MR) is 83.5 cm³/mol. The van der Waals surface area contributed by atoms with Gasteiger partial charge < -0.3 is 5.32 Å². The van der Waals surface area contributed by atoms with Gasteiger partial charge in [-0.3, -0.25) is 10.1 Å². The number of aromatic nitrogens is 3. The van der Waals surface area contributed by atoms with Crippen molar-refractivity contribution in [3.05, 3.63) is 72.2 Å². The van der Waals surface area contributed by atoms with Gasteiger partial charge in [0, 0.05) is 30.5 Å². The minimum atomic E-state index is 0.270. The molecule has 0 saturated heterocycles.